The molecule has 1 N–H and O–H groups in total. The SMILES string of the molecule is O=C1NC2CCCCCCCCC12. The van der Waals surface area contributed by atoms with Crippen molar-refractivity contribution in [3.8, 4) is 0 Å². The van der Waals surface area contributed by atoms with E-state index in [9.17, 15) is 4.79 Å². The molecule has 1 amide bonds. The van der Waals surface area contributed by atoms with Crippen molar-refractivity contribution in [1.82, 2.24) is 5.32 Å². The van der Waals surface area contributed by atoms with E-state index < -0.39 is 0 Å². The topological polar surface area (TPSA) is 29.1 Å². The molecule has 0 spiro atoms. The number of hydrogen-bond donors (Lipinski definition) is 1. The van der Waals surface area contributed by atoms with Crippen LogP contribution in [0.1, 0.15) is 51.4 Å². The number of nitrogens with one attached hydrogen (secondary N) is 1. The van der Waals surface area contributed by atoms with Crippen LogP contribution in [0.15, 0.2) is 0 Å². The van der Waals surface area contributed by atoms with Gasteiger partial charge in [0.2, 0.25) is 5.91 Å². The first kappa shape index (κ1) is 9.04. The molecule has 13 heavy (non-hydrogen) atoms. The molecule has 1 saturated carbocycles. The lowest BCUT2D eigenvalue weighted by Gasteiger charge is -2.37. The van der Waals surface area contributed by atoms with E-state index >= 15 is 0 Å². The monoisotopic (exact) mass is 181 g/mol. The van der Waals surface area contributed by atoms with Crippen LogP contribution >= 0.6 is 0 Å². The number of rotatable bonds is 0. The van der Waals surface area contributed by atoms with Gasteiger partial charge < -0.3 is 5.32 Å². The van der Waals surface area contributed by atoms with Crippen molar-refractivity contribution >= 4 is 5.91 Å². The Morgan fingerprint density at radius 3 is 2.23 bits per heavy atom. The van der Waals surface area contributed by atoms with Crippen LogP contribution in [0, 0.1) is 5.92 Å². The second kappa shape index (κ2) is 4.12. The highest BCUT2D eigenvalue weighted by Crippen LogP contribution is 2.27. The minimum atomic E-state index is 0.311. The second-order valence-electron chi connectivity index (χ2n) is 4.42. The largest absolute Gasteiger partial charge is 0.352 e. The molecule has 1 aliphatic heterocycles. The predicted molar refractivity (Wildman–Crippen MR) is 52.4 cm³/mol. The molecule has 0 aromatic heterocycles. The average molecular weight is 181 g/mol. The van der Waals surface area contributed by atoms with Gasteiger partial charge in [-0.25, -0.2) is 0 Å². The van der Waals surface area contributed by atoms with Crippen LogP contribution in [0.3, 0.4) is 0 Å². The minimum Gasteiger partial charge on any atom is -0.352 e. The maximum absolute atomic E-state index is 11.2. The standard InChI is InChI=1S/C11H19NO/c13-11-9-7-5-3-1-2-4-6-8-10(9)12-11/h9-10H,1-8H2,(H,12,13). The lowest BCUT2D eigenvalue weighted by molar-refractivity contribution is -0.135. The number of hydrogen-bond acceptors (Lipinski definition) is 1. The van der Waals surface area contributed by atoms with Crippen LogP contribution in [-0.4, -0.2) is 11.9 Å². The fraction of sp³-hybridized carbons (Fsp3) is 0.909. The van der Waals surface area contributed by atoms with Gasteiger partial charge in [0.1, 0.15) is 0 Å². The van der Waals surface area contributed by atoms with Crippen LogP contribution in [0.4, 0.5) is 0 Å². The first-order valence-electron chi connectivity index (χ1n) is 5.68. The van der Waals surface area contributed by atoms with Gasteiger partial charge in [-0.3, -0.25) is 4.79 Å². The van der Waals surface area contributed by atoms with Crippen LogP contribution in [0.25, 0.3) is 0 Å². The minimum absolute atomic E-state index is 0.311. The van der Waals surface area contributed by atoms with E-state index in [4.69, 9.17) is 0 Å². The fourth-order valence-corrected chi connectivity index (χ4v) is 2.52. The van der Waals surface area contributed by atoms with Crippen molar-refractivity contribution in [1.29, 1.82) is 0 Å². The Kier molecular flexibility index (Phi) is 2.87. The molecular formula is C11H19NO. The van der Waals surface area contributed by atoms with Gasteiger partial charge in [0, 0.05) is 6.04 Å². The van der Waals surface area contributed by atoms with Gasteiger partial charge in [-0.2, -0.15) is 0 Å². The maximum Gasteiger partial charge on any atom is 0.225 e. The first-order valence-corrected chi connectivity index (χ1v) is 5.68. The molecule has 2 nitrogen and oxygen atoms in total. The van der Waals surface area contributed by atoms with Gasteiger partial charge in [0.05, 0.1) is 5.92 Å². The predicted octanol–water partition coefficient (Wildman–Crippen LogP) is 2.24. The van der Waals surface area contributed by atoms with Gasteiger partial charge in [-0.15, -0.1) is 0 Å². The number of carbonyl (C=O) groups excluding carboxylic acids is 1. The number of carbonyl (C=O) groups is 1. The molecule has 74 valence electrons. The molecule has 2 rings (SSSR count). The van der Waals surface area contributed by atoms with Gasteiger partial charge in [0.25, 0.3) is 0 Å². The summed E-state index contributed by atoms with van der Waals surface area (Å²) in [4.78, 5) is 11.2. The molecule has 2 atom stereocenters. The van der Waals surface area contributed by atoms with Crippen molar-refractivity contribution in [2.45, 2.75) is 57.4 Å². The Labute approximate surface area is 80.1 Å². The second-order valence-corrected chi connectivity index (χ2v) is 4.42. The molecule has 1 saturated heterocycles. The van der Waals surface area contributed by atoms with Crippen molar-refractivity contribution in [2.24, 2.45) is 5.92 Å². The Bertz CT molecular complexity index is 191. The third-order valence-electron chi connectivity index (χ3n) is 3.43. The quantitative estimate of drug-likeness (QED) is 0.570. The number of β-lactam (4-membered cyclic amide) rings is 1. The van der Waals surface area contributed by atoms with Crippen LogP contribution in [0.5, 0.6) is 0 Å². The molecule has 0 aromatic carbocycles. The van der Waals surface area contributed by atoms with Gasteiger partial charge >= 0.3 is 0 Å². The molecule has 2 unspecified atom stereocenters. The molecule has 1 aliphatic carbocycles. The van der Waals surface area contributed by atoms with E-state index in [1.165, 1.54) is 44.9 Å². The summed E-state index contributed by atoms with van der Waals surface area (Å²) in [5.41, 5.74) is 0. The molecular weight excluding hydrogens is 162 g/mol. The Hall–Kier alpha value is -0.530. The molecule has 1 heterocycles. The Balaban J connectivity index is 1.84. The Morgan fingerprint density at radius 1 is 0.923 bits per heavy atom. The summed E-state index contributed by atoms with van der Waals surface area (Å²) in [6.07, 6.45) is 10.4. The highest BCUT2D eigenvalue weighted by atomic mass is 16.2. The maximum atomic E-state index is 11.2. The average Bonchev–Trinajstić information content (AvgIpc) is 2.13. The summed E-state index contributed by atoms with van der Waals surface area (Å²) >= 11 is 0. The van der Waals surface area contributed by atoms with E-state index in [2.05, 4.69) is 5.32 Å². The zero-order valence-corrected chi connectivity index (χ0v) is 8.22. The highest BCUT2D eigenvalue weighted by Gasteiger charge is 2.37. The molecule has 2 fully saturated rings. The van der Waals surface area contributed by atoms with Crippen molar-refractivity contribution in [3.05, 3.63) is 0 Å². The first-order chi connectivity index (χ1) is 6.38. The summed E-state index contributed by atoms with van der Waals surface area (Å²) < 4.78 is 0. The smallest absolute Gasteiger partial charge is 0.225 e. The molecule has 0 radical (unpaired) electrons. The highest BCUT2D eigenvalue weighted by molar-refractivity contribution is 5.85. The van der Waals surface area contributed by atoms with E-state index in [1.54, 1.807) is 0 Å². The molecule has 0 aromatic rings. The van der Waals surface area contributed by atoms with E-state index in [0.717, 1.165) is 6.42 Å². The summed E-state index contributed by atoms with van der Waals surface area (Å²) in [6, 6.07) is 0.533. The van der Waals surface area contributed by atoms with E-state index in [1.807, 2.05) is 0 Å². The molecule has 2 heteroatoms. The summed E-state index contributed by atoms with van der Waals surface area (Å²) in [5, 5.41) is 3.02. The molecule has 2 aliphatic rings. The zero-order chi connectivity index (χ0) is 9.10. The summed E-state index contributed by atoms with van der Waals surface area (Å²) in [5.74, 6) is 0.684. The lowest BCUT2D eigenvalue weighted by Crippen LogP contribution is -2.57. The van der Waals surface area contributed by atoms with E-state index in [0.29, 0.717) is 17.9 Å². The fourth-order valence-electron chi connectivity index (χ4n) is 2.52. The van der Waals surface area contributed by atoms with E-state index in [-0.39, 0.29) is 0 Å². The van der Waals surface area contributed by atoms with Gasteiger partial charge in [-0.05, 0) is 12.8 Å². The third-order valence-corrected chi connectivity index (χ3v) is 3.43. The summed E-state index contributed by atoms with van der Waals surface area (Å²) in [6.45, 7) is 0. The van der Waals surface area contributed by atoms with Gasteiger partial charge in [0.15, 0.2) is 0 Å². The van der Waals surface area contributed by atoms with Crippen molar-refractivity contribution in [2.75, 3.05) is 0 Å². The lowest BCUT2D eigenvalue weighted by atomic mass is 9.82. The normalized spacial score (nSPS) is 35.5. The summed E-state index contributed by atoms with van der Waals surface area (Å²) in [7, 11) is 0. The number of amides is 1. The van der Waals surface area contributed by atoms with Crippen molar-refractivity contribution in [3.63, 3.8) is 0 Å². The molecule has 0 bridgehead atoms. The number of fused-ring (bicyclic) bond motifs is 1. The van der Waals surface area contributed by atoms with Crippen LogP contribution in [-0.2, 0) is 4.79 Å². The van der Waals surface area contributed by atoms with Crippen molar-refractivity contribution < 1.29 is 4.79 Å². The van der Waals surface area contributed by atoms with Gasteiger partial charge in [-0.1, -0.05) is 38.5 Å². The van der Waals surface area contributed by atoms with Crippen LogP contribution < -0.4 is 5.32 Å². The van der Waals surface area contributed by atoms with Crippen LogP contribution in [0.2, 0.25) is 0 Å². The zero-order valence-electron chi connectivity index (χ0n) is 8.22. The Morgan fingerprint density at radius 2 is 1.54 bits per heavy atom. The third kappa shape index (κ3) is 2.04.